The molecule has 9 heteroatoms. The number of carbonyl (C=O) groups is 1. The zero-order valence-corrected chi connectivity index (χ0v) is 19.7. The number of fused-ring (bicyclic) bond motifs is 1. The van der Waals surface area contributed by atoms with Crippen molar-refractivity contribution >= 4 is 22.1 Å². The third-order valence-electron chi connectivity index (χ3n) is 5.30. The van der Waals surface area contributed by atoms with E-state index in [-0.39, 0.29) is 17.3 Å². The summed E-state index contributed by atoms with van der Waals surface area (Å²) < 4.78 is 37.8. The monoisotopic (exact) mass is 479 g/mol. The molecule has 1 N–H and O–H groups in total. The highest BCUT2D eigenvalue weighted by Crippen LogP contribution is 2.30. The van der Waals surface area contributed by atoms with Gasteiger partial charge in [0.05, 0.1) is 11.1 Å². The molecular weight excluding hydrogens is 454 g/mol. The van der Waals surface area contributed by atoms with Gasteiger partial charge in [-0.15, -0.1) is 0 Å². The molecule has 4 rings (SSSR count). The molecule has 3 aromatic rings. The van der Waals surface area contributed by atoms with Crippen LogP contribution in [0.5, 0.6) is 11.5 Å². The van der Waals surface area contributed by atoms with E-state index in [1.165, 1.54) is 17.6 Å². The van der Waals surface area contributed by atoms with Gasteiger partial charge in [-0.25, -0.2) is 13.8 Å². The minimum Gasteiger partial charge on any atom is -0.486 e. The molecule has 0 bridgehead atoms. The van der Waals surface area contributed by atoms with Crippen molar-refractivity contribution in [3.63, 3.8) is 0 Å². The van der Waals surface area contributed by atoms with Gasteiger partial charge in [0.1, 0.15) is 13.2 Å². The summed E-state index contributed by atoms with van der Waals surface area (Å²) in [5, 5.41) is 4.00. The first kappa shape index (κ1) is 23.5. The number of ether oxygens (including phenoxy) is 2. The second-order valence-electron chi connectivity index (χ2n) is 7.87. The molecule has 8 nitrogen and oxygen atoms in total. The summed E-state index contributed by atoms with van der Waals surface area (Å²) in [5.74, 6) is 0.956. The molecule has 0 radical (unpaired) electrons. The number of carbonyl (C=O) groups excluding carboxylic acids is 1. The fourth-order valence-corrected chi connectivity index (χ4v) is 4.52. The van der Waals surface area contributed by atoms with Crippen molar-refractivity contribution < 1.29 is 22.7 Å². The molecule has 0 atom stereocenters. The second-order valence-corrected chi connectivity index (χ2v) is 9.92. The van der Waals surface area contributed by atoms with Crippen LogP contribution in [0.3, 0.4) is 0 Å². The van der Waals surface area contributed by atoms with Crippen LogP contribution in [0.4, 0.5) is 0 Å². The van der Waals surface area contributed by atoms with E-state index < -0.39 is 10.0 Å². The summed E-state index contributed by atoms with van der Waals surface area (Å²) in [6.45, 7) is 3.10. The predicted molar refractivity (Wildman–Crippen MR) is 129 cm³/mol. The van der Waals surface area contributed by atoms with Gasteiger partial charge in [0.25, 0.3) is 5.91 Å². The van der Waals surface area contributed by atoms with Crippen molar-refractivity contribution in [1.29, 1.82) is 0 Å². The van der Waals surface area contributed by atoms with Gasteiger partial charge in [0.15, 0.2) is 11.5 Å². The molecule has 1 amide bonds. The number of amides is 1. The van der Waals surface area contributed by atoms with Crippen LogP contribution in [0, 0.1) is 6.92 Å². The number of hydrogen-bond donors (Lipinski definition) is 1. The number of nitrogens with zero attached hydrogens (tertiary/aromatic N) is 2. The Morgan fingerprint density at radius 3 is 2.38 bits per heavy atom. The number of hydrazone groups is 1. The van der Waals surface area contributed by atoms with Gasteiger partial charge >= 0.3 is 0 Å². The maximum Gasteiger partial charge on any atom is 0.271 e. The molecule has 0 fully saturated rings. The van der Waals surface area contributed by atoms with E-state index in [1.54, 1.807) is 60.7 Å². The van der Waals surface area contributed by atoms with Crippen molar-refractivity contribution in [3.8, 4) is 11.5 Å². The van der Waals surface area contributed by atoms with E-state index in [0.29, 0.717) is 30.3 Å². The molecule has 3 aromatic carbocycles. The molecule has 0 saturated carbocycles. The van der Waals surface area contributed by atoms with Gasteiger partial charge < -0.3 is 9.47 Å². The molecule has 0 aromatic heterocycles. The van der Waals surface area contributed by atoms with Crippen LogP contribution >= 0.6 is 0 Å². The van der Waals surface area contributed by atoms with Crippen molar-refractivity contribution in [2.45, 2.75) is 18.4 Å². The van der Waals surface area contributed by atoms with Crippen LogP contribution in [-0.2, 0) is 16.6 Å². The normalized spacial score (nSPS) is 13.3. The lowest BCUT2D eigenvalue weighted by atomic mass is 10.1. The van der Waals surface area contributed by atoms with Crippen LogP contribution in [0.25, 0.3) is 0 Å². The van der Waals surface area contributed by atoms with Crippen LogP contribution in [0.1, 0.15) is 27.0 Å². The Kier molecular flexibility index (Phi) is 6.95. The molecule has 1 heterocycles. The molecule has 176 valence electrons. The first-order valence-corrected chi connectivity index (χ1v) is 12.1. The average Bonchev–Trinajstić information content (AvgIpc) is 2.84. The Morgan fingerprint density at radius 1 is 1.00 bits per heavy atom. The van der Waals surface area contributed by atoms with E-state index in [0.717, 1.165) is 16.7 Å². The van der Waals surface area contributed by atoms with Gasteiger partial charge in [0.2, 0.25) is 10.0 Å². The minimum absolute atomic E-state index is 0.181. The third-order valence-corrected chi connectivity index (χ3v) is 7.11. The Hall–Kier alpha value is -3.69. The lowest BCUT2D eigenvalue weighted by Crippen LogP contribution is -2.26. The summed E-state index contributed by atoms with van der Waals surface area (Å²) in [7, 11) is -2.08. The molecule has 0 aliphatic carbocycles. The number of benzene rings is 3. The second kappa shape index (κ2) is 10.1. The smallest absolute Gasteiger partial charge is 0.271 e. The number of sulfonamides is 1. The van der Waals surface area contributed by atoms with E-state index in [1.807, 2.05) is 13.0 Å². The summed E-state index contributed by atoms with van der Waals surface area (Å²) in [5.41, 5.74) is 5.41. The maximum atomic E-state index is 12.8. The molecule has 0 spiro atoms. The largest absolute Gasteiger partial charge is 0.486 e. The molecule has 0 unspecified atom stereocenters. The predicted octanol–water partition coefficient (Wildman–Crippen LogP) is 3.35. The molecular formula is C25H25N3O5S. The Labute approximate surface area is 198 Å². The summed E-state index contributed by atoms with van der Waals surface area (Å²) in [4.78, 5) is 12.6. The van der Waals surface area contributed by atoms with E-state index >= 15 is 0 Å². The van der Waals surface area contributed by atoms with Crippen molar-refractivity contribution in [3.05, 3.63) is 89.0 Å². The Balaban J connectivity index is 1.35. The van der Waals surface area contributed by atoms with Gasteiger partial charge in [-0.1, -0.05) is 29.8 Å². The summed E-state index contributed by atoms with van der Waals surface area (Å²) in [6.07, 6.45) is 1.52. The number of hydrogen-bond acceptors (Lipinski definition) is 6. The van der Waals surface area contributed by atoms with Crippen LogP contribution in [-0.4, -0.2) is 45.1 Å². The average molecular weight is 480 g/mol. The maximum absolute atomic E-state index is 12.8. The van der Waals surface area contributed by atoms with E-state index in [4.69, 9.17) is 9.47 Å². The highest BCUT2D eigenvalue weighted by Gasteiger charge is 2.20. The van der Waals surface area contributed by atoms with Crippen molar-refractivity contribution in [2.75, 3.05) is 20.3 Å². The molecule has 1 aliphatic rings. The highest BCUT2D eigenvalue weighted by atomic mass is 32.2. The Bertz CT molecular complexity index is 1300. The molecule has 34 heavy (non-hydrogen) atoms. The molecule has 0 saturated heterocycles. The van der Waals surface area contributed by atoms with Crippen LogP contribution in [0.15, 0.2) is 76.7 Å². The van der Waals surface area contributed by atoms with Crippen molar-refractivity contribution in [1.82, 2.24) is 9.73 Å². The number of nitrogens with one attached hydrogen (secondary N) is 1. The lowest BCUT2D eigenvalue weighted by Gasteiger charge is -2.18. The SMILES string of the molecule is Cc1ccc(S(=O)(=O)N(C)Cc2ccc(C(=O)N/N=C/c3ccc4c(c3)OCCO4)cc2)cc1. The van der Waals surface area contributed by atoms with Gasteiger partial charge in [0, 0.05) is 19.2 Å². The Morgan fingerprint density at radius 2 is 1.68 bits per heavy atom. The van der Waals surface area contributed by atoms with Crippen LogP contribution in [0.2, 0.25) is 0 Å². The standard InChI is InChI=1S/C25H25N3O5S/c1-18-3-10-22(11-4-18)34(30,31)28(2)17-19-5-8-21(9-6-19)25(29)27-26-16-20-7-12-23-24(15-20)33-14-13-32-23/h3-12,15-16H,13-14,17H2,1-2H3,(H,27,29)/b26-16+. The minimum atomic E-state index is -3.61. The highest BCUT2D eigenvalue weighted by molar-refractivity contribution is 7.89. The van der Waals surface area contributed by atoms with Crippen LogP contribution < -0.4 is 14.9 Å². The van der Waals surface area contributed by atoms with E-state index in [2.05, 4.69) is 10.5 Å². The first-order chi connectivity index (χ1) is 16.3. The quantitative estimate of drug-likeness (QED) is 0.414. The number of rotatable bonds is 7. The third kappa shape index (κ3) is 5.44. The lowest BCUT2D eigenvalue weighted by molar-refractivity contribution is 0.0955. The van der Waals surface area contributed by atoms with Gasteiger partial charge in [-0.3, -0.25) is 4.79 Å². The number of aryl methyl sites for hydroxylation is 1. The van der Waals surface area contributed by atoms with Crippen molar-refractivity contribution in [2.24, 2.45) is 5.10 Å². The van der Waals surface area contributed by atoms with E-state index in [9.17, 15) is 13.2 Å². The zero-order chi connectivity index (χ0) is 24.1. The molecule has 1 aliphatic heterocycles. The summed E-state index contributed by atoms with van der Waals surface area (Å²) in [6, 6.07) is 18.9. The first-order valence-electron chi connectivity index (χ1n) is 10.7. The fourth-order valence-electron chi connectivity index (χ4n) is 3.36. The topological polar surface area (TPSA) is 97.3 Å². The van der Waals surface area contributed by atoms with Gasteiger partial charge in [-0.2, -0.15) is 9.41 Å². The summed E-state index contributed by atoms with van der Waals surface area (Å²) >= 11 is 0. The zero-order valence-electron chi connectivity index (χ0n) is 18.9. The fraction of sp³-hybridized carbons (Fsp3) is 0.200. The van der Waals surface area contributed by atoms with Gasteiger partial charge in [-0.05, 0) is 60.5 Å².